The van der Waals surface area contributed by atoms with Crippen molar-refractivity contribution in [2.75, 3.05) is 20.3 Å². The summed E-state index contributed by atoms with van der Waals surface area (Å²) in [5.41, 5.74) is 8.70. The number of fused-ring (bicyclic) bond motifs is 4. The lowest BCUT2D eigenvalue weighted by Gasteiger charge is -2.19. The third kappa shape index (κ3) is 6.20. The average molecular weight is 679 g/mol. The molecule has 0 fully saturated rings. The molecule has 51 heavy (non-hydrogen) atoms. The molecule has 9 heteroatoms. The first-order valence-corrected chi connectivity index (χ1v) is 17.3. The minimum Gasteiger partial charge on any atom is -0.493 e. The summed E-state index contributed by atoms with van der Waals surface area (Å²) in [7, 11) is 1.56. The molecule has 4 aliphatic heterocycles. The molecule has 0 aliphatic carbocycles. The highest BCUT2D eigenvalue weighted by Gasteiger charge is 2.34. The molecule has 2 amide bonds. The van der Waals surface area contributed by atoms with Gasteiger partial charge in [-0.1, -0.05) is 60.2 Å². The number of aryl methyl sites for hydroxylation is 2. The van der Waals surface area contributed by atoms with Crippen molar-refractivity contribution in [2.45, 2.75) is 45.2 Å². The fourth-order valence-electron chi connectivity index (χ4n) is 7.00. The van der Waals surface area contributed by atoms with Crippen molar-refractivity contribution in [3.8, 4) is 17.2 Å². The van der Waals surface area contributed by atoms with E-state index >= 15 is 0 Å². The second-order valence-electron chi connectivity index (χ2n) is 13.3. The molecule has 0 saturated carbocycles. The van der Waals surface area contributed by atoms with Gasteiger partial charge in [-0.3, -0.25) is 19.6 Å². The van der Waals surface area contributed by atoms with Crippen LogP contribution in [0.25, 0.3) is 11.1 Å². The van der Waals surface area contributed by atoms with Gasteiger partial charge in [0.25, 0.3) is 11.8 Å². The summed E-state index contributed by atoms with van der Waals surface area (Å²) >= 11 is 0. The standard InChI is InChI=1S/C42H38N4O5/c1-26-10-12-29(13-11-26)31-18-33-23-44-37-21-40(39(49-3)19-35(37)42(48)46(33)25-31)51-15-7-14-50-38-20-36-34(16-27(38)2)41(47)45-24-30(17-32(45)22-43-36)28-8-5-4-6-9-28/h4-6,8-13,16,19-25,32-33H,7,14-15,17-18H2,1-3H3/t32-,33-/m0/s1. The zero-order chi connectivity index (χ0) is 35.1. The van der Waals surface area contributed by atoms with Gasteiger partial charge in [-0.25, -0.2) is 0 Å². The molecule has 2 atom stereocenters. The maximum atomic E-state index is 13.7. The Kier molecular flexibility index (Phi) is 8.47. The Hall–Kier alpha value is -5.96. The topological polar surface area (TPSA) is 93.0 Å². The molecule has 0 radical (unpaired) electrons. The maximum Gasteiger partial charge on any atom is 0.260 e. The number of benzene rings is 4. The van der Waals surface area contributed by atoms with Gasteiger partial charge >= 0.3 is 0 Å². The van der Waals surface area contributed by atoms with Crippen LogP contribution in [-0.2, 0) is 0 Å². The van der Waals surface area contributed by atoms with Crippen molar-refractivity contribution in [3.05, 3.63) is 125 Å². The molecule has 4 aromatic rings. The first kappa shape index (κ1) is 32.3. The molecule has 4 aromatic carbocycles. The van der Waals surface area contributed by atoms with Gasteiger partial charge < -0.3 is 24.0 Å². The maximum absolute atomic E-state index is 13.7. The summed E-state index contributed by atoms with van der Waals surface area (Å²) in [6.07, 6.45) is 9.60. The normalized spacial score (nSPS) is 18.6. The number of aliphatic imine (C=N–C) groups is 2. The minimum atomic E-state index is -0.157. The largest absolute Gasteiger partial charge is 0.493 e. The van der Waals surface area contributed by atoms with Gasteiger partial charge in [-0.2, -0.15) is 0 Å². The van der Waals surface area contributed by atoms with E-state index in [-0.39, 0.29) is 23.9 Å². The van der Waals surface area contributed by atoms with E-state index in [1.807, 2.05) is 62.1 Å². The summed E-state index contributed by atoms with van der Waals surface area (Å²) in [5.74, 6) is 1.47. The Morgan fingerprint density at radius 1 is 0.667 bits per heavy atom. The second kappa shape index (κ2) is 13.4. The van der Waals surface area contributed by atoms with Crippen LogP contribution >= 0.6 is 0 Å². The third-order valence-corrected chi connectivity index (χ3v) is 9.81. The molecule has 0 bridgehead atoms. The number of hydrogen-bond donors (Lipinski definition) is 0. The van der Waals surface area contributed by atoms with E-state index in [0.717, 1.165) is 34.3 Å². The van der Waals surface area contributed by atoms with Gasteiger partial charge in [0.05, 0.1) is 54.9 Å². The fraction of sp³-hybridized carbons (Fsp3) is 0.238. The van der Waals surface area contributed by atoms with Crippen LogP contribution in [0.1, 0.15) is 62.2 Å². The molecule has 0 N–H and O–H groups in total. The molecular weight excluding hydrogens is 640 g/mol. The van der Waals surface area contributed by atoms with Gasteiger partial charge in [0.15, 0.2) is 11.5 Å². The van der Waals surface area contributed by atoms with E-state index in [9.17, 15) is 9.59 Å². The molecule has 8 rings (SSSR count). The first-order chi connectivity index (χ1) is 24.9. The van der Waals surface area contributed by atoms with Gasteiger partial charge in [0, 0.05) is 56.2 Å². The van der Waals surface area contributed by atoms with Crippen LogP contribution < -0.4 is 14.2 Å². The van der Waals surface area contributed by atoms with Crippen molar-refractivity contribution in [1.82, 2.24) is 9.80 Å². The summed E-state index contributed by atoms with van der Waals surface area (Å²) < 4.78 is 17.9. The van der Waals surface area contributed by atoms with E-state index in [4.69, 9.17) is 24.2 Å². The highest BCUT2D eigenvalue weighted by molar-refractivity contribution is 6.06. The lowest BCUT2D eigenvalue weighted by atomic mass is 10.0. The minimum absolute atomic E-state index is 0.0638. The van der Waals surface area contributed by atoms with Crippen LogP contribution in [0, 0.1) is 13.8 Å². The van der Waals surface area contributed by atoms with Crippen molar-refractivity contribution in [2.24, 2.45) is 9.98 Å². The Labute approximate surface area is 297 Å². The quantitative estimate of drug-likeness (QED) is 0.167. The summed E-state index contributed by atoms with van der Waals surface area (Å²) in [6, 6.07) is 25.4. The van der Waals surface area contributed by atoms with Gasteiger partial charge in [-0.05, 0) is 53.8 Å². The Morgan fingerprint density at radius 3 is 1.82 bits per heavy atom. The van der Waals surface area contributed by atoms with Crippen molar-refractivity contribution in [1.29, 1.82) is 0 Å². The zero-order valence-corrected chi connectivity index (χ0v) is 28.8. The molecule has 4 heterocycles. The van der Waals surface area contributed by atoms with Crippen molar-refractivity contribution >= 4 is 46.8 Å². The van der Waals surface area contributed by atoms with Crippen LogP contribution in [0.15, 0.2) is 101 Å². The van der Waals surface area contributed by atoms with Crippen molar-refractivity contribution in [3.63, 3.8) is 0 Å². The van der Waals surface area contributed by atoms with Crippen LogP contribution in [0.2, 0.25) is 0 Å². The van der Waals surface area contributed by atoms with Gasteiger partial charge in [-0.15, -0.1) is 0 Å². The number of carbonyl (C=O) groups excluding carboxylic acids is 2. The summed E-state index contributed by atoms with van der Waals surface area (Å²) in [5, 5.41) is 0. The predicted molar refractivity (Wildman–Crippen MR) is 199 cm³/mol. The Morgan fingerprint density at radius 2 is 1.22 bits per heavy atom. The molecule has 4 aliphatic rings. The number of carbonyl (C=O) groups is 2. The van der Waals surface area contributed by atoms with Crippen LogP contribution in [0.4, 0.5) is 11.4 Å². The highest BCUT2D eigenvalue weighted by atomic mass is 16.5. The number of rotatable bonds is 9. The van der Waals surface area contributed by atoms with E-state index in [1.54, 1.807) is 29.0 Å². The monoisotopic (exact) mass is 678 g/mol. The number of ether oxygens (including phenoxy) is 3. The van der Waals surface area contributed by atoms with Gasteiger partial charge in [0.1, 0.15) is 5.75 Å². The predicted octanol–water partition coefficient (Wildman–Crippen LogP) is 8.10. The average Bonchev–Trinajstić information content (AvgIpc) is 3.73. The third-order valence-electron chi connectivity index (χ3n) is 9.81. The highest BCUT2D eigenvalue weighted by Crippen LogP contribution is 2.40. The Balaban J connectivity index is 0.903. The van der Waals surface area contributed by atoms with Crippen LogP contribution in [0.5, 0.6) is 17.2 Å². The number of hydrogen-bond acceptors (Lipinski definition) is 7. The number of amides is 2. The molecule has 0 unspecified atom stereocenters. The molecular formula is C42H38N4O5. The summed E-state index contributed by atoms with van der Waals surface area (Å²) in [6.45, 7) is 4.75. The van der Waals surface area contributed by atoms with E-state index in [2.05, 4.69) is 43.3 Å². The number of methoxy groups -OCH3 is 1. The molecule has 256 valence electrons. The second-order valence-corrected chi connectivity index (χ2v) is 13.3. The van der Waals surface area contributed by atoms with E-state index < -0.39 is 0 Å². The lowest BCUT2D eigenvalue weighted by molar-refractivity contribution is 0.0809. The van der Waals surface area contributed by atoms with Gasteiger partial charge in [0.2, 0.25) is 0 Å². The van der Waals surface area contributed by atoms with Crippen molar-refractivity contribution < 1.29 is 23.8 Å². The molecule has 0 spiro atoms. The fourth-order valence-corrected chi connectivity index (χ4v) is 7.00. The smallest absolute Gasteiger partial charge is 0.260 e. The number of nitrogens with zero attached hydrogens (tertiary/aromatic N) is 4. The lowest BCUT2D eigenvalue weighted by Crippen LogP contribution is -2.32. The summed E-state index contributed by atoms with van der Waals surface area (Å²) in [4.78, 5) is 40.3. The Bertz CT molecular complexity index is 2150. The first-order valence-electron chi connectivity index (χ1n) is 17.3. The van der Waals surface area contributed by atoms with E-state index in [1.165, 1.54) is 5.56 Å². The van der Waals surface area contributed by atoms with Crippen LogP contribution in [0.3, 0.4) is 0 Å². The molecule has 0 saturated heterocycles. The molecule has 9 nitrogen and oxygen atoms in total. The molecule has 0 aromatic heterocycles. The van der Waals surface area contributed by atoms with Crippen LogP contribution in [-0.4, -0.2) is 66.5 Å². The SMILES string of the molecule is COc1cc2c(cc1OCCCOc1cc3c(cc1C)C(=O)N1C=C(c4ccccc4)C[C@H]1C=N3)N=C[C@@H]1CC(c3ccc(C)cc3)=CN1C2=O. The zero-order valence-electron chi connectivity index (χ0n) is 28.8. The van der Waals surface area contributed by atoms with E-state index in [0.29, 0.717) is 65.8 Å².